The molecule has 2 amide bonds. The summed E-state index contributed by atoms with van der Waals surface area (Å²) in [6.07, 6.45) is 6.69. The molecule has 3 aromatic rings. The van der Waals surface area contributed by atoms with E-state index in [1.807, 2.05) is 38.1 Å². The lowest BCUT2D eigenvalue weighted by molar-refractivity contribution is -0.119. The third-order valence-electron chi connectivity index (χ3n) is 6.61. The van der Waals surface area contributed by atoms with Crippen LogP contribution in [0.25, 0.3) is 11.1 Å². The first kappa shape index (κ1) is 24.3. The summed E-state index contributed by atoms with van der Waals surface area (Å²) < 4.78 is 1.56. The summed E-state index contributed by atoms with van der Waals surface area (Å²) in [5.74, 6) is 5.32. The number of nitrogens with one attached hydrogen (secondary N) is 3. The van der Waals surface area contributed by atoms with Gasteiger partial charge in [0.05, 0.1) is 5.69 Å². The van der Waals surface area contributed by atoms with E-state index in [0.29, 0.717) is 17.9 Å². The van der Waals surface area contributed by atoms with Crippen molar-refractivity contribution in [2.24, 2.45) is 5.92 Å². The second-order valence-corrected chi connectivity index (χ2v) is 9.03. The highest BCUT2D eigenvalue weighted by molar-refractivity contribution is 6.00. The standard InChI is InChI=1S/C27H32N6O2/c1-4-5-17-33-23(15-16-28-33)26(34)30-25(21-9-7-6-8-10-21)27(35)29-22-13-11-20(12-14-22)24-18(2)31-32-19(24)3/h11-16,21,25H,6-10,17H2,1-3H3,(H,29,35)(H,30,34)(H,31,32)/t25-/m0/s1. The van der Waals surface area contributed by atoms with Gasteiger partial charge in [-0.2, -0.15) is 10.2 Å². The molecule has 2 aromatic heterocycles. The van der Waals surface area contributed by atoms with Crippen LogP contribution < -0.4 is 10.6 Å². The molecule has 0 saturated heterocycles. The van der Waals surface area contributed by atoms with Gasteiger partial charge in [0, 0.05) is 23.1 Å². The normalized spacial score (nSPS) is 14.6. The summed E-state index contributed by atoms with van der Waals surface area (Å²) >= 11 is 0. The van der Waals surface area contributed by atoms with Crippen molar-refractivity contribution in [3.63, 3.8) is 0 Å². The largest absolute Gasteiger partial charge is 0.339 e. The average molecular weight is 473 g/mol. The molecule has 2 heterocycles. The Kier molecular flexibility index (Phi) is 7.66. The van der Waals surface area contributed by atoms with Crippen LogP contribution in [0.4, 0.5) is 5.69 Å². The van der Waals surface area contributed by atoms with Crippen LogP contribution in [0.3, 0.4) is 0 Å². The number of H-pyrrole nitrogens is 1. The van der Waals surface area contributed by atoms with Crippen LogP contribution in [-0.2, 0) is 11.3 Å². The third-order valence-corrected chi connectivity index (χ3v) is 6.61. The van der Waals surface area contributed by atoms with Gasteiger partial charge in [0.1, 0.15) is 18.3 Å². The molecule has 0 spiro atoms. The van der Waals surface area contributed by atoms with Crippen LogP contribution in [0.2, 0.25) is 0 Å². The number of carbonyl (C=O) groups is 2. The van der Waals surface area contributed by atoms with Crippen molar-refractivity contribution in [3.8, 4) is 23.0 Å². The fourth-order valence-corrected chi connectivity index (χ4v) is 4.80. The molecule has 8 heteroatoms. The maximum Gasteiger partial charge on any atom is 0.270 e. The first-order chi connectivity index (χ1) is 17.0. The molecule has 0 unspecified atom stereocenters. The van der Waals surface area contributed by atoms with Crippen molar-refractivity contribution in [1.82, 2.24) is 25.3 Å². The van der Waals surface area contributed by atoms with Crippen molar-refractivity contribution < 1.29 is 9.59 Å². The van der Waals surface area contributed by atoms with Crippen molar-refractivity contribution in [3.05, 3.63) is 53.6 Å². The van der Waals surface area contributed by atoms with E-state index in [4.69, 9.17) is 0 Å². The zero-order valence-corrected chi connectivity index (χ0v) is 20.5. The van der Waals surface area contributed by atoms with Gasteiger partial charge in [-0.1, -0.05) is 37.3 Å². The summed E-state index contributed by atoms with van der Waals surface area (Å²) in [7, 11) is 0. The Morgan fingerprint density at radius 2 is 1.89 bits per heavy atom. The number of hydrogen-bond donors (Lipinski definition) is 3. The predicted octanol–water partition coefficient (Wildman–Crippen LogP) is 4.23. The molecule has 182 valence electrons. The molecule has 1 atom stereocenters. The van der Waals surface area contributed by atoms with Crippen molar-refractivity contribution >= 4 is 17.5 Å². The van der Waals surface area contributed by atoms with E-state index >= 15 is 0 Å². The van der Waals surface area contributed by atoms with Crippen molar-refractivity contribution in [2.45, 2.75) is 65.5 Å². The van der Waals surface area contributed by atoms with Gasteiger partial charge in [-0.05, 0) is 63.3 Å². The molecule has 1 saturated carbocycles. The van der Waals surface area contributed by atoms with Gasteiger partial charge >= 0.3 is 0 Å². The number of aromatic amines is 1. The van der Waals surface area contributed by atoms with Crippen LogP contribution in [0, 0.1) is 31.6 Å². The van der Waals surface area contributed by atoms with E-state index in [9.17, 15) is 9.59 Å². The van der Waals surface area contributed by atoms with Gasteiger partial charge in [0.2, 0.25) is 5.91 Å². The Morgan fingerprint density at radius 1 is 1.14 bits per heavy atom. The van der Waals surface area contributed by atoms with E-state index in [1.54, 1.807) is 23.9 Å². The summed E-state index contributed by atoms with van der Waals surface area (Å²) in [6, 6.07) is 8.75. The summed E-state index contributed by atoms with van der Waals surface area (Å²) in [5, 5.41) is 17.5. The van der Waals surface area contributed by atoms with Crippen LogP contribution >= 0.6 is 0 Å². The fraction of sp³-hybridized carbons (Fsp3) is 0.407. The lowest BCUT2D eigenvalue weighted by Gasteiger charge is -2.30. The highest BCUT2D eigenvalue weighted by Gasteiger charge is 2.32. The van der Waals surface area contributed by atoms with Gasteiger partial charge < -0.3 is 10.6 Å². The topological polar surface area (TPSA) is 105 Å². The number of amides is 2. The highest BCUT2D eigenvalue weighted by atomic mass is 16.2. The van der Waals surface area contributed by atoms with Crippen LogP contribution in [-0.4, -0.2) is 37.8 Å². The summed E-state index contributed by atoms with van der Waals surface area (Å²) in [6.45, 7) is 6.03. The maximum absolute atomic E-state index is 13.4. The summed E-state index contributed by atoms with van der Waals surface area (Å²) in [5.41, 5.74) is 5.13. The second-order valence-electron chi connectivity index (χ2n) is 9.03. The van der Waals surface area contributed by atoms with Crippen LogP contribution in [0.5, 0.6) is 0 Å². The fourth-order valence-electron chi connectivity index (χ4n) is 4.80. The number of nitrogens with zero attached hydrogens (tertiary/aromatic N) is 3. The minimum Gasteiger partial charge on any atom is -0.339 e. The molecule has 1 fully saturated rings. The minimum atomic E-state index is -0.624. The van der Waals surface area contributed by atoms with Gasteiger partial charge in [-0.3, -0.25) is 14.7 Å². The maximum atomic E-state index is 13.4. The molecule has 1 aromatic carbocycles. The first-order valence-electron chi connectivity index (χ1n) is 12.1. The third kappa shape index (κ3) is 5.62. The monoisotopic (exact) mass is 472 g/mol. The molecule has 1 aliphatic rings. The second kappa shape index (κ2) is 11.0. The number of aryl methyl sites for hydroxylation is 2. The van der Waals surface area contributed by atoms with Crippen LogP contribution in [0.15, 0.2) is 36.5 Å². The molecule has 8 nitrogen and oxygen atoms in total. The van der Waals surface area contributed by atoms with Gasteiger partial charge in [-0.25, -0.2) is 4.68 Å². The number of benzene rings is 1. The molecule has 3 N–H and O–H groups in total. The molecular weight excluding hydrogens is 440 g/mol. The van der Waals surface area contributed by atoms with E-state index in [-0.39, 0.29) is 17.7 Å². The molecular formula is C27H32N6O2. The molecule has 35 heavy (non-hydrogen) atoms. The lowest BCUT2D eigenvalue weighted by atomic mass is 9.83. The quantitative estimate of drug-likeness (QED) is 0.448. The highest BCUT2D eigenvalue weighted by Crippen LogP contribution is 2.29. The SMILES string of the molecule is CC#CCn1nccc1C(=O)N[C@H](C(=O)Nc1ccc(-c2c(C)n[nH]c2C)cc1)C1CCCCC1. The van der Waals surface area contributed by atoms with Gasteiger partial charge in [0.15, 0.2) is 0 Å². The number of aromatic nitrogens is 4. The van der Waals surface area contributed by atoms with E-state index in [2.05, 4.69) is 37.8 Å². The molecule has 0 radical (unpaired) electrons. The molecule has 1 aliphatic carbocycles. The first-order valence-corrected chi connectivity index (χ1v) is 12.1. The number of anilines is 1. The smallest absolute Gasteiger partial charge is 0.270 e. The number of rotatable bonds is 7. The van der Waals surface area contributed by atoms with Gasteiger partial charge in [-0.15, -0.1) is 5.92 Å². The Morgan fingerprint density at radius 3 is 2.54 bits per heavy atom. The Labute approximate surface area is 205 Å². The predicted molar refractivity (Wildman–Crippen MR) is 136 cm³/mol. The van der Waals surface area contributed by atoms with E-state index in [1.165, 1.54) is 0 Å². The number of hydrogen-bond acceptors (Lipinski definition) is 4. The molecule has 0 aliphatic heterocycles. The molecule has 4 rings (SSSR count). The summed E-state index contributed by atoms with van der Waals surface area (Å²) in [4.78, 5) is 26.5. The average Bonchev–Trinajstić information content (AvgIpc) is 3.48. The van der Waals surface area contributed by atoms with E-state index < -0.39 is 6.04 Å². The number of carbonyl (C=O) groups excluding carboxylic acids is 2. The zero-order chi connectivity index (χ0) is 24.8. The van der Waals surface area contributed by atoms with Crippen molar-refractivity contribution in [2.75, 3.05) is 5.32 Å². The van der Waals surface area contributed by atoms with E-state index in [0.717, 1.165) is 54.6 Å². The zero-order valence-electron chi connectivity index (χ0n) is 20.5. The van der Waals surface area contributed by atoms with Crippen LogP contribution in [0.1, 0.15) is 60.9 Å². The lowest BCUT2D eigenvalue weighted by Crippen LogP contribution is -2.49. The Hall–Kier alpha value is -3.86. The molecule has 0 bridgehead atoms. The van der Waals surface area contributed by atoms with Gasteiger partial charge in [0.25, 0.3) is 5.91 Å². The minimum absolute atomic E-state index is 0.0926. The van der Waals surface area contributed by atoms with Crippen molar-refractivity contribution in [1.29, 1.82) is 0 Å². The Balaban J connectivity index is 1.50. The Bertz CT molecular complexity index is 1220.